The number of hydrogen-bond donors (Lipinski definition) is 2. The van der Waals surface area contributed by atoms with Gasteiger partial charge in [0.05, 0.1) is 13.2 Å². The van der Waals surface area contributed by atoms with Gasteiger partial charge in [0.15, 0.2) is 5.96 Å². The molecule has 0 spiro atoms. The lowest BCUT2D eigenvalue weighted by molar-refractivity contribution is 0.184. The highest BCUT2D eigenvalue weighted by Gasteiger charge is 2.02. The first-order chi connectivity index (χ1) is 11.8. The van der Waals surface area contributed by atoms with Crippen molar-refractivity contribution >= 4 is 5.96 Å². The van der Waals surface area contributed by atoms with Crippen molar-refractivity contribution < 1.29 is 4.74 Å². The van der Waals surface area contributed by atoms with Crippen LogP contribution < -0.4 is 10.6 Å². The van der Waals surface area contributed by atoms with Gasteiger partial charge in [-0.3, -0.25) is 4.98 Å². The van der Waals surface area contributed by atoms with Crippen LogP contribution in [0.1, 0.15) is 23.7 Å². The second-order valence-corrected chi connectivity index (χ2v) is 5.39. The van der Waals surface area contributed by atoms with Gasteiger partial charge in [-0.05, 0) is 30.2 Å². The van der Waals surface area contributed by atoms with Gasteiger partial charge >= 0.3 is 0 Å². The molecule has 0 aliphatic rings. The van der Waals surface area contributed by atoms with Crippen molar-refractivity contribution in [1.29, 1.82) is 0 Å². The van der Waals surface area contributed by atoms with E-state index in [4.69, 9.17) is 4.74 Å². The SMILES string of the molecule is CCNC(=NCc1ccccc1COC)NCCc1ccccn1. The summed E-state index contributed by atoms with van der Waals surface area (Å²) in [6.45, 7) is 4.92. The molecule has 0 amide bonds. The third-order valence-corrected chi connectivity index (χ3v) is 3.57. The van der Waals surface area contributed by atoms with Gasteiger partial charge in [-0.2, -0.15) is 0 Å². The van der Waals surface area contributed by atoms with E-state index in [-0.39, 0.29) is 0 Å². The molecule has 1 aromatic heterocycles. The summed E-state index contributed by atoms with van der Waals surface area (Å²) >= 11 is 0. The molecule has 0 atom stereocenters. The fourth-order valence-corrected chi connectivity index (χ4v) is 2.37. The van der Waals surface area contributed by atoms with Crippen LogP contribution in [0, 0.1) is 0 Å². The van der Waals surface area contributed by atoms with Crippen molar-refractivity contribution in [3.8, 4) is 0 Å². The molecular formula is C19H26N4O. The molecule has 0 unspecified atom stereocenters. The third-order valence-electron chi connectivity index (χ3n) is 3.57. The van der Waals surface area contributed by atoms with Crippen LogP contribution >= 0.6 is 0 Å². The summed E-state index contributed by atoms with van der Waals surface area (Å²) in [5, 5.41) is 6.64. The Hall–Kier alpha value is -2.40. The molecule has 0 saturated carbocycles. The van der Waals surface area contributed by atoms with E-state index in [1.54, 1.807) is 7.11 Å². The minimum atomic E-state index is 0.606. The van der Waals surface area contributed by atoms with Crippen LogP contribution in [-0.4, -0.2) is 31.1 Å². The number of methoxy groups -OCH3 is 1. The highest BCUT2D eigenvalue weighted by Crippen LogP contribution is 2.11. The monoisotopic (exact) mass is 326 g/mol. The van der Waals surface area contributed by atoms with Gasteiger partial charge in [0.1, 0.15) is 0 Å². The van der Waals surface area contributed by atoms with E-state index in [0.717, 1.165) is 31.2 Å². The number of rotatable bonds is 8. The van der Waals surface area contributed by atoms with E-state index >= 15 is 0 Å². The summed E-state index contributed by atoms with van der Waals surface area (Å²) < 4.78 is 5.25. The summed E-state index contributed by atoms with van der Waals surface area (Å²) in [5.74, 6) is 0.820. The number of ether oxygens (including phenoxy) is 1. The zero-order chi connectivity index (χ0) is 17.0. The first-order valence-electron chi connectivity index (χ1n) is 8.31. The van der Waals surface area contributed by atoms with E-state index in [2.05, 4.69) is 39.7 Å². The summed E-state index contributed by atoms with van der Waals surface area (Å²) in [4.78, 5) is 9.01. The predicted octanol–water partition coefficient (Wildman–Crippen LogP) is 2.53. The Bertz CT molecular complexity index is 628. The van der Waals surface area contributed by atoms with Gasteiger partial charge in [-0.1, -0.05) is 30.3 Å². The van der Waals surface area contributed by atoms with Crippen LogP contribution in [0.15, 0.2) is 53.7 Å². The van der Waals surface area contributed by atoms with Gasteiger partial charge in [0.25, 0.3) is 0 Å². The normalized spacial score (nSPS) is 11.3. The first kappa shape index (κ1) is 17.9. The summed E-state index contributed by atoms with van der Waals surface area (Å²) in [5.41, 5.74) is 3.43. The van der Waals surface area contributed by atoms with Gasteiger partial charge in [0, 0.05) is 38.5 Å². The lowest BCUT2D eigenvalue weighted by atomic mass is 10.1. The topological polar surface area (TPSA) is 58.5 Å². The molecule has 2 aromatic rings. The Labute approximate surface area is 144 Å². The molecular weight excluding hydrogens is 300 g/mol. The van der Waals surface area contributed by atoms with E-state index in [1.165, 1.54) is 11.1 Å². The molecule has 0 fully saturated rings. The summed E-state index contributed by atoms with van der Waals surface area (Å²) in [6, 6.07) is 14.2. The molecule has 5 nitrogen and oxygen atoms in total. The molecule has 0 bridgehead atoms. The number of benzene rings is 1. The van der Waals surface area contributed by atoms with Crippen molar-refractivity contribution in [3.05, 3.63) is 65.5 Å². The molecule has 1 heterocycles. The molecule has 2 N–H and O–H groups in total. The minimum absolute atomic E-state index is 0.606. The van der Waals surface area contributed by atoms with Gasteiger partial charge < -0.3 is 15.4 Å². The predicted molar refractivity (Wildman–Crippen MR) is 97.9 cm³/mol. The maximum absolute atomic E-state index is 5.25. The maximum Gasteiger partial charge on any atom is 0.191 e. The number of nitrogens with one attached hydrogen (secondary N) is 2. The van der Waals surface area contributed by atoms with Gasteiger partial charge in [0.2, 0.25) is 0 Å². The van der Waals surface area contributed by atoms with Crippen LogP contribution in [0.3, 0.4) is 0 Å². The van der Waals surface area contributed by atoms with E-state index in [0.29, 0.717) is 13.2 Å². The smallest absolute Gasteiger partial charge is 0.191 e. The average Bonchev–Trinajstić information content (AvgIpc) is 2.62. The molecule has 0 aliphatic carbocycles. The van der Waals surface area contributed by atoms with Crippen LogP contribution in [0.4, 0.5) is 0 Å². The van der Waals surface area contributed by atoms with Crippen LogP contribution in [0.2, 0.25) is 0 Å². The highest BCUT2D eigenvalue weighted by atomic mass is 16.5. The Morgan fingerprint density at radius 2 is 1.88 bits per heavy atom. The molecule has 24 heavy (non-hydrogen) atoms. The lowest BCUT2D eigenvalue weighted by Gasteiger charge is -2.12. The van der Waals surface area contributed by atoms with Gasteiger partial charge in [-0.25, -0.2) is 4.99 Å². The minimum Gasteiger partial charge on any atom is -0.380 e. The number of pyridine rings is 1. The van der Waals surface area contributed by atoms with Crippen LogP contribution in [-0.2, 0) is 24.3 Å². The molecule has 2 rings (SSSR count). The standard InChI is InChI=1S/C19H26N4O/c1-3-20-19(22-13-11-18-10-6-7-12-21-18)23-14-16-8-4-5-9-17(16)15-24-2/h4-10,12H,3,11,13-15H2,1-2H3,(H2,20,22,23). The van der Waals surface area contributed by atoms with Crippen molar-refractivity contribution in [2.24, 2.45) is 4.99 Å². The second-order valence-electron chi connectivity index (χ2n) is 5.39. The number of hydrogen-bond acceptors (Lipinski definition) is 3. The zero-order valence-corrected chi connectivity index (χ0v) is 14.5. The van der Waals surface area contributed by atoms with Gasteiger partial charge in [-0.15, -0.1) is 0 Å². The molecule has 0 saturated heterocycles. The Kier molecular flexibility index (Phi) is 7.77. The van der Waals surface area contributed by atoms with Crippen molar-refractivity contribution in [1.82, 2.24) is 15.6 Å². The Balaban J connectivity index is 1.93. The highest BCUT2D eigenvalue weighted by molar-refractivity contribution is 5.79. The first-order valence-corrected chi connectivity index (χ1v) is 8.31. The van der Waals surface area contributed by atoms with Crippen molar-refractivity contribution in [3.63, 3.8) is 0 Å². The van der Waals surface area contributed by atoms with E-state index < -0.39 is 0 Å². The van der Waals surface area contributed by atoms with E-state index in [1.807, 2.05) is 36.5 Å². The fraction of sp³-hybridized carbons (Fsp3) is 0.368. The lowest BCUT2D eigenvalue weighted by Crippen LogP contribution is -2.38. The zero-order valence-electron chi connectivity index (χ0n) is 14.5. The fourth-order valence-electron chi connectivity index (χ4n) is 2.37. The third kappa shape index (κ3) is 6.01. The van der Waals surface area contributed by atoms with Crippen molar-refractivity contribution in [2.45, 2.75) is 26.5 Å². The number of aliphatic imine (C=N–C) groups is 1. The molecule has 0 aliphatic heterocycles. The number of nitrogens with zero attached hydrogens (tertiary/aromatic N) is 2. The maximum atomic E-state index is 5.25. The molecule has 128 valence electrons. The Morgan fingerprint density at radius 3 is 2.58 bits per heavy atom. The average molecular weight is 326 g/mol. The van der Waals surface area contributed by atoms with Crippen LogP contribution in [0.5, 0.6) is 0 Å². The number of guanidine groups is 1. The quantitative estimate of drug-likeness (QED) is 0.578. The van der Waals surface area contributed by atoms with Crippen LogP contribution in [0.25, 0.3) is 0 Å². The number of aromatic nitrogens is 1. The summed E-state index contributed by atoms with van der Waals surface area (Å²) in [6.07, 6.45) is 2.69. The molecule has 5 heteroatoms. The Morgan fingerprint density at radius 1 is 1.08 bits per heavy atom. The molecule has 0 radical (unpaired) electrons. The second kappa shape index (κ2) is 10.4. The summed E-state index contributed by atoms with van der Waals surface area (Å²) in [7, 11) is 1.71. The van der Waals surface area contributed by atoms with E-state index in [9.17, 15) is 0 Å². The molecule has 1 aromatic carbocycles. The van der Waals surface area contributed by atoms with Crippen molar-refractivity contribution in [2.75, 3.05) is 20.2 Å². The largest absolute Gasteiger partial charge is 0.380 e.